The molecular weight excluding hydrogens is 200 g/mol. The Hall–Kier alpha value is -1.30. The number of ether oxygens (including phenoxy) is 2. The van der Waals surface area contributed by atoms with Gasteiger partial charge >= 0.3 is 6.09 Å². The third-order valence-corrected chi connectivity index (χ3v) is 2.22. The molecule has 0 saturated carbocycles. The first-order valence-electron chi connectivity index (χ1n) is 4.90. The molecular formula is C9H16N2O4. The molecule has 0 aromatic carbocycles. The molecule has 1 fully saturated rings. The average molecular weight is 216 g/mol. The van der Waals surface area contributed by atoms with Gasteiger partial charge in [-0.05, 0) is 6.92 Å². The third-order valence-electron chi connectivity index (χ3n) is 2.22. The van der Waals surface area contributed by atoms with Crippen LogP contribution in [-0.4, -0.2) is 56.4 Å². The first-order chi connectivity index (χ1) is 7.20. The van der Waals surface area contributed by atoms with Crippen molar-refractivity contribution in [2.24, 2.45) is 0 Å². The number of carbonyl (C=O) groups excluding carboxylic acids is 2. The zero-order valence-electron chi connectivity index (χ0n) is 8.99. The molecule has 6 heteroatoms. The van der Waals surface area contributed by atoms with E-state index in [0.717, 1.165) is 0 Å². The van der Waals surface area contributed by atoms with Gasteiger partial charge < -0.3 is 14.8 Å². The molecule has 2 amide bonds. The molecule has 0 aromatic heterocycles. The minimum absolute atomic E-state index is 0.194. The molecule has 0 aromatic rings. The first-order valence-corrected chi connectivity index (χ1v) is 4.90. The Bertz CT molecular complexity index is 244. The van der Waals surface area contributed by atoms with Crippen molar-refractivity contribution in [3.8, 4) is 0 Å². The highest BCUT2D eigenvalue weighted by Crippen LogP contribution is 2.07. The predicted octanol–water partition coefficient (Wildman–Crippen LogP) is -0.410. The molecule has 0 bridgehead atoms. The SMILES string of the molecule is CCOCC1C(=O)NCCN1C(=O)OC. The van der Waals surface area contributed by atoms with Crippen LogP contribution in [-0.2, 0) is 14.3 Å². The zero-order chi connectivity index (χ0) is 11.3. The second-order valence-corrected chi connectivity index (χ2v) is 3.13. The van der Waals surface area contributed by atoms with Crippen LogP contribution in [0, 0.1) is 0 Å². The van der Waals surface area contributed by atoms with E-state index in [1.165, 1.54) is 12.0 Å². The fourth-order valence-corrected chi connectivity index (χ4v) is 1.45. The third kappa shape index (κ3) is 2.82. The second kappa shape index (κ2) is 5.55. The van der Waals surface area contributed by atoms with Crippen LogP contribution in [0.15, 0.2) is 0 Å². The Labute approximate surface area is 88.5 Å². The van der Waals surface area contributed by atoms with Crippen LogP contribution in [0.2, 0.25) is 0 Å². The molecule has 0 aliphatic carbocycles. The van der Waals surface area contributed by atoms with Gasteiger partial charge in [0.2, 0.25) is 5.91 Å². The minimum Gasteiger partial charge on any atom is -0.453 e. The summed E-state index contributed by atoms with van der Waals surface area (Å²) >= 11 is 0. The van der Waals surface area contributed by atoms with Crippen molar-refractivity contribution in [2.75, 3.05) is 33.4 Å². The van der Waals surface area contributed by atoms with Gasteiger partial charge in [-0.1, -0.05) is 0 Å². The van der Waals surface area contributed by atoms with Crippen LogP contribution in [0.5, 0.6) is 0 Å². The van der Waals surface area contributed by atoms with Crippen molar-refractivity contribution in [3.05, 3.63) is 0 Å². The number of nitrogens with zero attached hydrogens (tertiary/aromatic N) is 1. The monoisotopic (exact) mass is 216 g/mol. The van der Waals surface area contributed by atoms with Gasteiger partial charge in [-0.15, -0.1) is 0 Å². The number of methoxy groups -OCH3 is 1. The lowest BCUT2D eigenvalue weighted by atomic mass is 10.2. The number of hydrogen-bond donors (Lipinski definition) is 1. The summed E-state index contributed by atoms with van der Waals surface area (Å²) in [5.41, 5.74) is 0. The Morgan fingerprint density at radius 1 is 1.67 bits per heavy atom. The molecule has 1 aliphatic rings. The average Bonchev–Trinajstić information content (AvgIpc) is 2.26. The summed E-state index contributed by atoms with van der Waals surface area (Å²) in [7, 11) is 1.30. The van der Waals surface area contributed by atoms with Gasteiger partial charge in [0.25, 0.3) is 0 Å². The molecule has 1 heterocycles. The van der Waals surface area contributed by atoms with E-state index in [0.29, 0.717) is 19.7 Å². The van der Waals surface area contributed by atoms with Crippen LogP contribution >= 0.6 is 0 Å². The van der Waals surface area contributed by atoms with Gasteiger partial charge in [-0.25, -0.2) is 4.79 Å². The summed E-state index contributed by atoms with van der Waals surface area (Å²) < 4.78 is 9.76. The van der Waals surface area contributed by atoms with E-state index in [1.807, 2.05) is 6.92 Å². The van der Waals surface area contributed by atoms with Crippen molar-refractivity contribution in [3.63, 3.8) is 0 Å². The van der Waals surface area contributed by atoms with E-state index in [9.17, 15) is 9.59 Å². The molecule has 1 N–H and O–H groups in total. The lowest BCUT2D eigenvalue weighted by Crippen LogP contribution is -2.58. The largest absolute Gasteiger partial charge is 0.453 e. The van der Waals surface area contributed by atoms with Crippen molar-refractivity contribution in [1.82, 2.24) is 10.2 Å². The number of hydrogen-bond acceptors (Lipinski definition) is 4. The Balaban J connectivity index is 2.64. The van der Waals surface area contributed by atoms with Gasteiger partial charge in [-0.3, -0.25) is 9.69 Å². The fraction of sp³-hybridized carbons (Fsp3) is 0.778. The lowest BCUT2D eigenvalue weighted by molar-refractivity contribution is -0.130. The highest BCUT2D eigenvalue weighted by Gasteiger charge is 2.33. The summed E-state index contributed by atoms with van der Waals surface area (Å²) in [5, 5.41) is 2.68. The van der Waals surface area contributed by atoms with Crippen LogP contribution in [0.1, 0.15) is 6.92 Å². The van der Waals surface area contributed by atoms with Crippen molar-refractivity contribution in [1.29, 1.82) is 0 Å². The number of amides is 2. The van der Waals surface area contributed by atoms with E-state index in [-0.39, 0.29) is 12.5 Å². The van der Waals surface area contributed by atoms with Crippen molar-refractivity contribution < 1.29 is 19.1 Å². The summed E-state index contributed by atoms with van der Waals surface area (Å²) in [5.74, 6) is -0.194. The Kier molecular flexibility index (Phi) is 4.36. The van der Waals surface area contributed by atoms with Crippen molar-refractivity contribution >= 4 is 12.0 Å². The molecule has 86 valence electrons. The molecule has 0 radical (unpaired) electrons. The highest BCUT2D eigenvalue weighted by molar-refractivity contribution is 5.86. The molecule has 15 heavy (non-hydrogen) atoms. The van der Waals surface area contributed by atoms with E-state index in [1.54, 1.807) is 0 Å². The second-order valence-electron chi connectivity index (χ2n) is 3.13. The minimum atomic E-state index is -0.578. The maximum Gasteiger partial charge on any atom is 0.410 e. The maximum absolute atomic E-state index is 11.5. The fourth-order valence-electron chi connectivity index (χ4n) is 1.45. The molecule has 1 aliphatic heterocycles. The summed E-state index contributed by atoms with van der Waals surface area (Å²) in [4.78, 5) is 24.2. The van der Waals surface area contributed by atoms with Crippen molar-refractivity contribution in [2.45, 2.75) is 13.0 Å². The smallest absolute Gasteiger partial charge is 0.410 e. The molecule has 0 spiro atoms. The summed E-state index contributed by atoms with van der Waals surface area (Å²) in [6.07, 6.45) is -0.491. The number of nitrogens with one attached hydrogen (secondary N) is 1. The quantitative estimate of drug-likeness (QED) is 0.696. The van der Waals surface area contributed by atoms with Gasteiger partial charge in [0, 0.05) is 19.7 Å². The standard InChI is InChI=1S/C9H16N2O4/c1-3-15-6-7-8(12)10-4-5-11(7)9(13)14-2/h7H,3-6H2,1-2H3,(H,10,12). The molecule has 1 rings (SSSR count). The topological polar surface area (TPSA) is 67.9 Å². The predicted molar refractivity (Wildman–Crippen MR) is 52.4 cm³/mol. The Morgan fingerprint density at radius 3 is 3.00 bits per heavy atom. The lowest BCUT2D eigenvalue weighted by Gasteiger charge is -2.33. The van der Waals surface area contributed by atoms with Gasteiger partial charge in [-0.2, -0.15) is 0 Å². The highest BCUT2D eigenvalue weighted by atomic mass is 16.5. The van der Waals surface area contributed by atoms with Gasteiger partial charge in [0.15, 0.2) is 0 Å². The summed E-state index contributed by atoms with van der Waals surface area (Å²) in [6.45, 7) is 3.46. The number of rotatable bonds is 3. The van der Waals surface area contributed by atoms with E-state index < -0.39 is 12.1 Å². The molecule has 6 nitrogen and oxygen atoms in total. The first kappa shape index (κ1) is 11.8. The number of piperazine rings is 1. The van der Waals surface area contributed by atoms with Gasteiger partial charge in [0.1, 0.15) is 6.04 Å². The van der Waals surface area contributed by atoms with Gasteiger partial charge in [0.05, 0.1) is 13.7 Å². The normalized spacial score (nSPS) is 21.1. The van der Waals surface area contributed by atoms with Crippen LogP contribution < -0.4 is 5.32 Å². The molecule has 1 unspecified atom stereocenters. The molecule has 1 atom stereocenters. The van der Waals surface area contributed by atoms with E-state index >= 15 is 0 Å². The maximum atomic E-state index is 11.5. The Morgan fingerprint density at radius 2 is 2.40 bits per heavy atom. The molecule has 1 saturated heterocycles. The van der Waals surface area contributed by atoms with Crippen LogP contribution in [0.3, 0.4) is 0 Å². The van der Waals surface area contributed by atoms with Crippen LogP contribution in [0.25, 0.3) is 0 Å². The van der Waals surface area contributed by atoms with E-state index in [4.69, 9.17) is 4.74 Å². The number of carbonyl (C=O) groups is 2. The van der Waals surface area contributed by atoms with Crippen LogP contribution in [0.4, 0.5) is 4.79 Å². The zero-order valence-corrected chi connectivity index (χ0v) is 8.99. The summed E-state index contributed by atoms with van der Waals surface area (Å²) in [6, 6.07) is -0.578. The van der Waals surface area contributed by atoms with E-state index in [2.05, 4.69) is 10.1 Å².